The van der Waals surface area contributed by atoms with Gasteiger partial charge in [-0.2, -0.15) is 0 Å². The fourth-order valence-corrected chi connectivity index (χ4v) is 1.83. The SMILES string of the molecule is FCCNc1ccn2cc(-c3ccco3)nc2c1. The van der Waals surface area contributed by atoms with Crippen LogP contribution in [0.1, 0.15) is 0 Å². The Morgan fingerprint density at radius 2 is 2.33 bits per heavy atom. The molecule has 92 valence electrons. The van der Waals surface area contributed by atoms with Crippen LogP contribution >= 0.6 is 0 Å². The van der Waals surface area contributed by atoms with E-state index in [1.165, 1.54) is 0 Å². The van der Waals surface area contributed by atoms with E-state index >= 15 is 0 Å². The molecule has 0 saturated heterocycles. The summed E-state index contributed by atoms with van der Waals surface area (Å²) in [6, 6.07) is 7.45. The minimum absolute atomic E-state index is 0.307. The zero-order valence-corrected chi connectivity index (χ0v) is 9.64. The van der Waals surface area contributed by atoms with E-state index in [-0.39, 0.29) is 0 Å². The Morgan fingerprint density at radius 3 is 3.11 bits per heavy atom. The van der Waals surface area contributed by atoms with Crippen molar-refractivity contribution in [2.45, 2.75) is 0 Å². The second kappa shape index (κ2) is 4.52. The van der Waals surface area contributed by atoms with Gasteiger partial charge in [-0.3, -0.25) is 0 Å². The number of aromatic nitrogens is 2. The molecule has 1 N–H and O–H groups in total. The number of furan rings is 1. The maximum atomic E-state index is 12.1. The number of alkyl halides is 1. The van der Waals surface area contributed by atoms with E-state index in [0.29, 0.717) is 6.54 Å². The summed E-state index contributed by atoms with van der Waals surface area (Å²) in [4.78, 5) is 4.46. The van der Waals surface area contributed by atoms with Crippen LogP contribution in [0, 0.1) is 0 Å². The molecule has 0 unspecified atom stereocenters. The van der Waals surface area contributed by atoms with Crippen LogP contribution in [-0.2, 0) is 0 Å². The summed E-state index contributed by atoms with van der Waals surface area (Å²) in [5.74, 6) is 0.733. The van der Waals surface area contributed by atoms with Crippen LogP contribution in [-0.4, -0.2) is 22.6 Å². The molecule has 0 radical (unpaired) electrons. The number of pyridine rings is 1. The van der Waals surface area contributed by atoms with Crippen molar-refractivity contribution in [2.75, 3.05) is 18.5 Å². The third kappa shape index (κ3) is 1.95. The molecule has 0 aliphatic carbocycles. The molecule has 0 saturated carbocycles. The van der Waals surface area contributed by atoms with Crippen LogP contribution in [0.15, 0.2) is 47.3 Å². The zero-order chi connectivity index (χ0) is 12.4. The molecule has 0 aliphatic rings. The Bertz CT molecular complexity index is 645. The molecule has 5 heteroatoms. The molecule has 18 heavy (non-hydrogen) atoms. The first kappa shape index (κ1) is 10.8. The van der Waals surface area contributed by atoms with Gasteiger partial charge in [0, 0.05) is 30.7 Å². The number of imidazole rings is 1. The first-order valence-corrected chi connectivity index (χ1v) is 5.69. The van der Waals surface area contributed by atoms with Crippen molar-refractivity contribution in [3.8, 4) is 11.5 Å². The fraction of sp³-hybridized carbons (Fsp3) is 0.154. The van der Waals surface area contributed by atoms with E-state index in [0.717, 1.165) is 22.8 Å². The summed E-state index contributed by atoms with van der Waals surface area (Å²) < 4.78 is 19.3. The molecule has 0 aliphatic heterocycles. The Hall–Kier alpha value is -2.30. The van der Waals surface area contributed by atoms with E-state index in [4.69, 9.17) is 4.42 Å². The fourth-order valence-electron chi connectivity index (χ4n) is 1.83. The van der Waals surface area contributed by atoms with Gasteiger partial charge in [0.05, 0.1) is 6.26 Å². The van der Waals surface area contributed by atoms with E-state index in [1.807, 2.05) is 41.1 Å². The lowest BCUT2D eigenvalue weighted by molar-refractivity contribution is 0.513. The van der Waals surface area contributed by atoms with Gasteiger partial charge in [0.15, 0.2) is 5.76 Å². The molecule has 0 atom stereocenters. The summed E-state index contributed by atoms with van der Waals surface area (Å²) in [6.07, 6.45) is 5.40. The van der Waals surface area contributed by atoms with Crippen molar-refractivity contribution in [2.24, 2.45) is 0 Å². The number of nitrogens with one attached hydrogen (secondary N) is 1. The molecule has 3 aromatic rings. The standard InChI is InChI=1S/C13H12FN3O/c14-4-5-15-10-3-6-17-9-11(16-13(17)8-10)12-2-1-7-18-12/h1-3,6-9,15H,4-5H2. The number of fused-ring (bicyclic) bond motifs is 1. The second-order valence-corrected chi connectivity index (χ2v) is 3.90. The maximum Gasteiger partial charge on any atom is 0.153 e. The maximum absolute atomic E-state index is 12.1. The number of halogens is 1. The predicted molar refractivity (Wildman–Crippen MR) is 67.4 cm³/mol. The van der Waals surface area contributed by atoms with E-state index in [1.54, 1.807) is 6.26 Å². The summed E-state index contributed by atoms with van der Waals surface area (Å²) in [5.41, 5.74) is 2.43. The van der Waals surface area contributed by atoms with Gasteiger partial charge in [0.2, 0.25) is 0 Å². The van der Waals surface area contributed by atoms with Gasteiger partial charge in [0.1, 0.15) is 18.0 Å². The second-order valence-electron chi connectivity index (χ2n) is 3.90. The molecule has 0 amide bonds. The molecule has 4 nitrogen and oxygen atoms in total. The van der Waals surface area contributed by atoms with Crippen LogP contribution in [0.5, 0.6) is 0 Å². The monoisotopic (exact) mass is 245 g/mol. The van der Waals surface area contributed by atoms with E-state index in [9.17, 15) is 4.39 Å². The lowest BCUT2D eigenvalue weighted by Crippen LogP contribution is -2.02. The van der Waals surface area contributed by atoms with Gasteiger partial charge in [0.25, 0.3) is 0 Å². The number of rotatable bonds is 4. The molecular weight excluding hydrogens is 233 g/mol. The number of anilines is 1. The Kier molecular flexibility index (Phi) is 2.72. The van der Waals surface area contributed by atoms with Gasteiger partial charge in [-0.15, -0.1) is 0 Å². The Labute approximate surface area is 103 Å². The summed E-state index contributed by atoms with van der Waals surface area (Å²) in [7, 11) is 0. The number of hydrogen-bond donors (Lipinski definition) is 1. The van der Waals surface area contributed by atoms with Gasteiger partial charge < -0.3 is 14.1 Å². The number of nitrogens with zero attached hydrogens (tertiary/aromatic N) is 2. The smallest absolute Gasteiger partial charge is 0.153 e. The molecule has 3 rings (SSSR count). The number of hydrogen-bond acceptors (Lipinski definition) is 3. The topological polar surface area (TPSA) is 42.5 Å². The van der Waals surface area contributed by atoms with Crippen LogP contribution in [0.4, 0.5) is 10.1 Å². The third-order valence-electron chi connectivity index (χ3n) is 2.66. The Balaban J connectivity index is 1.97. The zero-order valence-electron chi connectivity index (χ0n) is 9.64. The van der Waals surface area contributed by atoms with Crippen molar-refractivity contribution >= 4 is 11.3 Å². The van der Waals surface area contributed by atoms with Crippen LogP contribution < -0.4 is 5.32 Å². The van der Waals surface area contributed by atoms with Gasteiger partial charge in [-0.1, -0.05) is 0 Å². The average molecular weight is 245 g/mol. The van der Waals surface area contributed by atoms with Crippen molar-refractivity contribution in [3.05, 3.63) is 42.9 Å². The lowest BCUT2D eigenvalue weighted by Gasteiger charge is -2.03. The normalized spacial score (nSPS) is 10.9. The predicted octanol–water partition coefficient (Wildman–Crippen LogP) is 2.98. The Morgan fingerprint density at radius 1 is 1.39 bits per heavy atom. The highest BCUT2D eigenvalue weighted by molar-refractivity contribution is 5.61. The minimum Gasteiger partial charge on any atom is -0.463 e. The minimum atomic E-state index is -0.392. The summed E-state index contributed by atoms with van der Waals surface area (Å²) in [6.45, 7) is -0.0841. The molecule has 3 aromatic heterocycles. The van der Waals surface area contributed by atoms with Crippen molar-refractivity contribution < 1.29 is 8.81 Å². The highest BCUT2D eigenvalue weighted by atomic mass is 19.1. The van der Waals surface area contributed by atoms with Gasteiger partial charge in [-0.05, 0) is 18.2 Å². The molecule has 0 spiro atoms. The third-order valence-corrected chi connectivity index (χ3v) is 2.66. The van der Waals surface area contributed by atoms with Crippen molar-refractivity contribution in [3.63, 3.8) is 0 Å². The van der Waals surface area contributed by atoms with Crippen LogP contribution in [0.2, 0.25) is 0 Å². The largest absolute Gasteiger partial charge is 0.463 e. The molecule has 0 fully saturated rings. The average Bonchev–Trinajstić information content (AvgIpc) is 3.03. The molecule has 0 aromatic carbocycles. The van der Waals surface area contributed by atoms with Crippen LogP contribution in [0.25, 0.3) is 17.1 Å². The van der Waals surface area contributed by atoms with E-state index < -0.39 is 6.67 Å². The lowest BCUT2D eigenvalue weighted by atomic mass is 10.4. The van der Waals surface area contributed by atoms with Crippen molar-refractivity contribution in [1.82, 2.24) is 9.38 Å². The van der Waals surface area contributed by atoms with Crippen LogP contribution in [0.3, 0.4) is 0 Å². The van der Waals surface area contributed by atoms with E-state index in [2.05, 4.69) is 10.3 Å². The molecule has 3 heterocycles. The highest BCUT2D eigenvalue weighted by Gasteiger charge is 2.06. The highest BCUT2D eigenvalue weighted by Crippen LogP contribution is 2.20. The summed E-state index contributed by atoms with van der Waals surface area (Å²) in [5, 5.41) is 2.98. The van der Waals surface area contributed by atoms with Gasteiger partial charge >= 0.3 is 0 Å². The summed E-state index contributed by atoms with van der Waals surface area (Å²) >= 11 is 0. The van der Waals surface area contributed by atoms with Gasteiger partial charge in [-0.25, -0.2) is 9.37 Å². The molecular formula is C13H12FN3O. The van der Waals surface area contributed by atoms with Crippen molar-refractivity contribution in [1.29, 1.82) is 0 Å². The first-order chi connectivity index (χ1) is 8.86. The quantitative estimate of drug-likeness (QED) is 0.768. The molecule has 0 bridgehead atoms. The first-order valence-electron chi connectivity index (χ1n) is 5.69.